The summed E-state index contributed by atoms with van der Waals surface area (Å²) < 4.78 is 11.8. The Morgan fingerprint density at radius 3 is 2.69 bits per heavy atom. The number of ether oxygens (including phenoxy) is 2. The third-order valence-corrected chi connectivity index (χ3v) is 5.59. The molecule has 2 aliphatic heterocycles. The van der Waals surface area contributed by atoms with E-state index < -0.39 is 0 Å². The quantitative estimate of drug-likeness (QED) is 0.604. The van der Waals surface area contributed by atoms with E-state index in [1.54, 1.807) is 11.8 Å². The molecule has 26 heavy (non-hydrogen) atoms. The SMILES string of the molecule is Cc1cc(N2CCN(C)CC2)nc(SC[C@@H]2COc3ccccc3O2)n1. The van der Waals surface area contributed by atoms with E-state index in [1.165, 1.54) is 0 Å². The lowest BCUT2D eigenvalue weighted by molar-refractivity contribution is 0.107. The fraction of sp³-hybridized carbons (Fsp3) is 0.474. The Morgan fingerprint density at radius 1 is 1.12 bits per heavy atom. The molecule has 0 unspecified atom stereocenters. The van der Waals surface area contributed by atoms with Crippen molar-refractivity contribution in [3.63, 3.8) is 0 Å². The molecule has 3 heterocycles. The zero-order chi connectivity index (χ0) is 17.9. The Hall–Kier alpha value is -1.99. The number of para-hydroxylation sites is 2. The lowest BCUT2D eigenvalue weighted by atomic mass is 10.3. The minimum absolute atomic E-state index is 0.00565. The van der Waals surface area contributed by atoms with Gasteiger partial charge in [-0.2, -0.15) is 0 Å². The van der Waals surface area contributed by atoms with E-state index in [2.05, 4.69) is 27.9 Å². The minimum atomic E-state index is 0.00565. The summed E-state index contributed by atoms with van der Waals surface area (Å²) in [6.07, 6.45) is 0.00565. The second-order valence-electron chi connectivity index (χ2n) is 6.75. The number of anilines is 1. The molecule has 138 valence electrons. The molecule has 0 saturated carbocycles. The first-order chi connectivity index (χ1) is 12.7. The fourth-order valence-corrected chi connectivity index (χ4v) is 3.97. The molecule has 4 rings (SSSR count). The van der Waals surface area contributed by atoms with Crippen LogP contribution in [0.2, 0.25) is 0 Å². The molecule has 2 aromatic rings. The van der Waals surface area contributed by atoms with Gasteiger partial charge in [0.1, 0.15) is 18.5 Å². The summed E-state index contributed by atoms with van der Waals surface area (Å²) in [7, 11) is 2.16. The highest BCUT2D eigenvalue weighted by molar-refractivity contribution is 7.99. The normalized spacial score (nSPS) is 20.2. The second kappa shape index (κ2) is 7.72. The first-order valence-electron chi connectivity index (χ1n) is 8.98. The highest BCUT2D eigenvalue weighted by Gasteiger charge is 2.22. The number of hydrogen-bond acceptors (Lipinski definition) is 7. The fourth-order valence-electron chi connectivity index (χ4n) is 3.10. The van der Waals surface area contributed by atoms with Crippen molar-refractivity contribution in [1.82, 2.24) is 14.9 Å². The van der Waals surface area contributed by atoms with E-state index in [0.717, 1.165) is 60.1 Å². The lowest BCUT2D eigenvalue weighted by Gasteiger charge is -2.33. The number of rotatable bonds is 4. The van der Waals surface area contributed by atoms with Crippen molar-refractivity contribution < 1.29 is 9.47 Å². The van der Waals surface area contributed by atoms with Crippen LogP contribution in [0.25, 0.3) is 0 Å². The molecule has 0 radical (unpaired) electrons. The van der Waals surface area contributed by atoms with Crippen molar-refractivity contribution in [2.75, 3.05) is 50.5 Å². The van der Waals surface area contributed by atoms with Crippen LogP contribution in [0.3, 0.4) is 0 Å². The number of benzene rings is 1. The van der Waals surface area contributed by atoms with Crippen molar-refractivity contribution in [3.05, 3.63) is 36.0 Å². The Kier molecular flexibility index (Phi) is 5.17. The number of aryl methyl sites for hydroxylation is 1. The molecular formula is C19H24N4O2S. The number of aromatic nitrogens is 2. The maximum atomic E-state index is 6.02. The topological polar surface area (TPSA) is 50.7 Å². The van der Waals surface area contributed by atoms with E-state index in [0.29, 0.717) is 6.61 Å². The largest absolute Gasteiger partial charge is 0.486 e. The van der Waals surface area contributed by atoms with E-state index in [9.17, 15) is 0 Å². The van der Waals surface area contributed by atoms with Gasteiger partial charge in [0.05, 0.1) is 0 Å². The maximum Gasteiger partial charge on any atom is 0.189 e. The zero-order valence-electron chi connectivity index (χ0n) is 15.2. The highest BCUT2D eigenvalue weighted by atomic mass is 32.2. The Balaban J connectivity index is 1.39. The molecule has 7 heteroatoms. The van der Waals surface area contributed by atoms with Gasteiger partial charge >= 0.3 is 0 Å². The van der Waals surface area contributed by atoms with Crippen molar-refractivity contribution in [1.29, 1.82) is 0 Å². The van der Waals surface area contributed by atoms with Crippen LogP contribution >= 0.6 is 11.8 Å². The van der Waals surface area contributed by atoms with E-state index in [-0.39, 0.29) is 6.10 Å². The molecule has 1 saturated heterocycles. The van der Waals surface area contributed by atoms with Crippen LogP contribution < -0.4 is 14.4 Å². The molecule has 1 fully saturated rings. The summed E-state index contributed by atoms with van der Waals surface area (Å²) in [4.78, 5) is 14.1. The van der Waals surface area contributed by atoms with Crippen LogP contribution in [-0.4, -0.2) is 66.6 Å². The summed E-state index contributed by atoms with van der Waals surface area (Å²) in [5.41, 5.74) is 1.00. The van der Waals surface area contributed by atoms with Crippen molar-refractivity contribution in [2.24, 2.45) is 0 Å². The molecule has 2 aliphatic rings. The van der Waals surface area contributed by atoms with Crippen LogP contribution in [0.15, 0.2) is 35.5 Å². The van der Waals surface area contributed by atoms with Crippen molar-refractivity contribution in [2.45, 2.75) is 18.2 Å². The number of likely N-dealkylation sites (N-methyl/N-ethyl adjacent to an activating group) is 1. The second-order valence-corrected chi connectivity index (χ2v) is 7.74. The molecule has 1 aromatic carbocycles. The molecule has 0 aliphatic carbocycles. The molecule has 0 spiro atoms. The van der Waals surface area contributed by atoms with Gasteiger partial charge in [0.15, 0.2) is 16.7 Å². The highest BCUT2D eigenvalue weighted by Crippen LogP contribution is 2.32. The van der Waals surface area contributed by atoms with E-state index >= 15 is 0 Å². The molecule has 1 aromatic heterocycles. The standard InChI is InChI=1S/C19H24N4O2S/c1-14-11-18(23-9-7-22(2)8-10-23)21-19(20-14)26-13-15-12-24-16-5-3-4-6-17(16)25-15/h3-6,11,15H,7-10,12-13H2,1-2H3/t15-/m0/s1. The number of nitrogens with zero attached hydrogens (tertiary/aromatic N) is 4. The summed E-state index contributed by atoms with van der Waals surface area (Å²) in [6, 6.07) is 9.87. The van der Waals surface area contributed by atoms with Crippen molar-refractivity contribution in [3.8, 4) is 11.5 Å². The van der Waals surface area contributed by atoms with Gasteiger partial charge < -0.3 is 19.3 Å². The number of thioether (sulfide) groups is 1. The molecule has 0 amide bonds. The van der Waals surface area contributed by atoms with Gasteiger partial charge in [-0.3, -0.25) is 0 Å². The maximum absolute atomic E-state index is 6.02. The lowest BCUT2D eigenvalue weighted by Crippen LogP contribution is -2.44. The predicted octanol–water partition coefficient (Wildman–Crippen LogP) is 2.47. The van der Waals surface area contributed by atoms with E-state index in [4.69, 9.17) is 14.5 Å². The number of hydrogen-bond donors (Lipinski definition) is 0. The predicted molar refractivity (Wildman–Crippen MR) is 104 cm³/mol. The molecule has 6 nitrogen and oxygen atoms in total. The summed E-state index contributed by atoms with van der Waals surface area (Å²) in [5, 5.41) is 0.807. The van der Waals surface area contributed by atoms with Crippen LogP contribution in [0.1, 0.15) is 5.69 Å². The zero-order valence-corrected chi connectivity index (χ0v) is 16.0. The van der Waals surface area contributed by atoms with Crippen molar-refractivity contribution >= 4 is 17.6 Å². The Labute approximate surface area is 158 Å². The van der Waals surface area contributed by atoms with Crippen LogP contribution in [0.5, 0.6) is 11.5 Å². The van der Waals surface area contributed by atoms with Gasteiger partial charge in [0.2, 0.25) is 0 Å². The van der Waals surface area contributed by atoms with Gasteiger partial charge in [-0.15, -0.1) is 0 Å². The van der Waals surface area contributed by atoms with Gasteiger partial charge in [-0.25, -0.2) is 9.97 Å². The van der Waals surface area contributed by atoms with Gasteiger partial charge in [0.25, 0.3) is 0 Å². The van der Waals surface area contributed by atoms with E-state index in [1.807, 2.05) is 31.2 Å². The average Bonchev–Trinajstić information content (AvgIpc) is 2.66. The molecule has 0 N–H and O–H groups in total. The monoisotopic (exact) mass is 372 g/mol. The third-order valence-electron chi connectivity index (χ3n) is 4.61. The summed E-state index contributed by atoms with van der Waals surface area (Å²) in [5.74, 6) is 3.42. The third kappa shape index (κ3) is 4.04. The first-order valence-corrected chi connectivity index (χ1v) is 9.96. The summed E-state index contributed by atoms with van der Waals surface area (Å²) in [6.45, 7) is 6.74. The average molecular weight is 372 g/mol. The summed E-state index contributed by atoms with van der Waals surface area (Å²) >= 11 is 1.63. The molecule has 0 bridgehead atoms. The van der Waals surface area contributed by atoms with Crippen LogP contribution in [-0.2, 0) is 0 Å². The molecule has 1 atom stereocenters. The van der Waals surface area contributed by atoms with Gasteiger partial charge in [-0.05, 0) is 26.1 Å². The Bertz CT molecular complexity index is 765. The minimum Gasteiger partial charge on any atom is -0.486 e. The smallest absolute Gasteiger partial charge is 0.189 e. The first kappa shape index (κ1) is 17.4. The number of fused-ring (bicyclic) bond motifs is 1. The van der Waals surface area contributed by atoms with Gasteiger partial charge in [0, 0.05) is 43.7 Å². The Morgan fingerprint density at radius 2 is 1.88 bits per heavy atom. The molecular weight excluding hydrogens is 348 g/mol. The van der Waals surface area contributed by atoms with Crippen LogP contribution in [0.4, 0.5) is 5.82 Å². The van der Waals surface area contributed by atoms with Gasteiger partial charge in [-0.1, -0.05) is 23.9 Å². The van der Waals surface area contributed by atoms with Crippen LogP contribution in [0, 0.1) is 6.92 Å². The number of piperazine rings is 1.